The first-order valence-corrected chi connectivity index (χ1v) is 21.5. The first kappa shape index (κ1) is 36.8. The number of nitrogens with zero attached hydrogens (tertiary/aromatic N) is 1. The van der Waals surface area contributed by atoms with Crippen molar-refractivity contribution < 1.29 is 0 Å². The van der Waals surface area contributed by atoms with Gasteiger partial charge in [0.05, 0.1) is 11.4 Å². The van der Waals surface area contributed by atoms with Crippen LogP contribution in [0.3, 0.4) is 0 Å². The van der Waals surface area contributed by atoms with Crippen LogP contribution in [0.25, 0.3) is 66.8 Å². The first-order valence-electron chi connectivity index (χ1n) is 21.5. The van der Waals surface area contributed by atoms with Crippen molar-refractivity contribution in [2.45, 2.75) is 38.5 Å². The van der Waals surface area contributed by atoms with Gasteiger partial charge in [0.25, 0.3) is 0 Å². The lowest BCUT2D eigenvalue weighted by Gasteiger charge is -2.32. The molecule has 9 aromatic carbocycles. The molecule has 0 bridgehead atoms. The van der Waals surface area contributed by atoms with Crippen molar-refractivity contribution in [3.63, 3.8) is 0 Å². The summed E-state index contributed by atoms with van der Waals surface area (Å²) >= 11 is 0. The summed E-state index contributed by atoms with van der Waals surface area (Å²) in [6.45, 7) is 9.47. The van der Waals surface area contributed by atoms with Crippen LogP contribution in [0.2, 0.25) is 0 Å². The van der Waals surface area contributed by atoms with Crippen LogP contribution in [0.1, 0.15) is 49.9 Å². The fourth-order valence-electron chi connectivity index (χ4n) is 10.5. The second kappa shape index (κ2) is 14.2. The Labute approximate surface area is 360 Å². The maximum Gasteiger partial charge on any atom is 0.0546 e. The number of anilines is 3. The van der Waals surface area contributed by atoms with Gasteiger partial charge in [0.15, 0.2) is 0 Å². The van der Waals surface area contributed by atoms with Crippen LogP contribution in [0, 0.1) is 0 Å². The normalized spacial score (nSPS) is 13.8. The summed E-state index contributed by atoms with van der Waals surface area (Å²) in [4.78, 5) is 2.55. The summed E-state index contributed by atoms with van der Waals surface area (Å²) in [5.74, 6) is 0. The van der Waals surface area contributed by atoms with Gasteiger partial charge in [0.1, 0.15) is 0 Å². The molecule has 61 heavy (non-hydrogen) atoms. The molecule has 0 heterocycles. The molecule has 9 aromatic rings. The summed E-state index contributed by atoms with van der Waals surface area (Å²) in [6, 6.07) is 78.7. The van der Waals surface area contributed by atoms with Crippen molar-refractivity contribution in [1.82, 2.24) is 0 Å². The number of benzene rings is 9. The molecule has 0 atom stereocenters. The third-order valence-electron chi connectivity index (χ3n) is 13.5. The zero-order valence-corrected chi connectivity index (χ0v) is 35.2. The number of hydrogen-bond acceptors (Lipinski definition) is 1. The maximum atomic E-state index is 2.55. The molecule has 0 unspecified atom stereocenters. The monoisotopic (exact) mass is 781 g/mol. The Kier molecular flexibility index (Phi) is 8.58. The highest BCUT2D eigenvalue weighted by atomic mass is 15.1. The Bertz CT molecular complexity index is 3130. The largest absolute Gasteiger partial charge is 0.309 e. The van der Waals surface area contributed by atoms with E-state index in [1.54, 1.807) is 0 Å². The number of hydrogen-bond donors (Lipinski definition) is 0. The third-order valence-corrected chi connectivity index (χ3v) is 13.5. The summed E-state index contributed by atoms with van der Waals surface area (Å²) in [7, 11) is 0. The smallest absolute Gasteiger partial charge is 0.0546 e. The van der Waals surface area contributed by atoms with Crippen molar-refractivity contribution in [1.29, 1.82) is 0 Å². The van der Waals surface area contributed by atoms with E-state index in [0.29, 0.717) is 0 Å². The molecule has 0 aliphatic heterocycles. The quantitative estimate of drug-likeness (QED) is 0.156. The van der Waals surface area contributed by atoms with Crippen LogP contribution >= 0.6 is 0 Å². The molecule has 0 amide bonds. The van der Waals surface area contributed by atoms with Gasteiger partial charge in [-0.3, -0.25) is 0 Å². The molecule has 292 valence electrons. The van der Waals surface area contributed by atoms with Gasteiger partial charge >= 0.3 is 0 Å². The molecule has 0 spiro atoms. The van der Waals surface area contributed by atoms with Gasteiger partial charge in [-0.25, -0.2) is 0 Å². The van der Waals surface area contributed by atoms with Crippen molar-refractivity contribution in [2.75, 3.05) is 4.90 Å². The Morgan fingerprint density at radius 3 is 1.46 bits per heavy atom. The molecule has 0 saturated carbocycles. The molecule has 11 rings (SSSR count). The highest BCUT2D eigenvalue weighted by Crippen LogP contribution is 2.56. The molecule has 1 nitrogen and oxygen atoms in total. The highest BCUT2D eigenvalue weighted by molar-refractivity contribution is 6.04. The standard InChI is InChI=1S/C60H47N/c1-59(2)52-32-16-14-29-50(52)58-53(59)33-19-35-56(58)61(44-25-17-24-42(38-44)43-36-37-48-47-27-13-15-31-51(47)60(3,4)54(48)39-43)55-34-18-30-46(41-22-9-6-10-23-41)57(55)49-28-12-11-26-45(49)40-20-7-5-8-21-40/h5-39H,1-4H3. The lowest BCUT2D eigenvalue weighted by atomic mass is 9.81. The molecule has 0 fully saturated rings. The van der Waals surface area contributed by atoms with E-state index >= 15 is 0 Å². The van der Waals surface area contributed by atoms with Gasteiger partial charge < -0.3 is 4.90 Å². The van der Waals surface area contributed by atoms with Gasteiger partial charge in [0, 0.05) is 27.6 Å². The summed E-state index contributed by atoms with van der Waals surface area (Å²) in [5, 5.41) is 0. The van der Waals surface area contributed by atoms with Gasteiger partial charge in [-0.2, -0.15) is 0 Å². The van der Waals surface area contributed by atoms with Crippen molar-refractivity contribution in [2.24, 2.45) is 0 Å². The van der Waals surface area contributed by atoms with E-state index in [1.165, 1.54) is 94.7 Å². The van der Waals surface area contributed by atoms with Gasteiger partial charge in [-0.05, 0) is 108 Å². The van der Waals surface area contributed by atoms with Crippen LogP contribution in [-0.4, -0.2) is 0 Å². The summed E-state index contributed by atoms with van der Waals surface area (Å²) < 4.78 is 0. The first-order chi connectivity index (χ1) is 29.8. The topological polar surface area (TPSA) is 3.24 Å². The van der Waals surface area contributed by atoms with E-state index in [2.05, 4.69) is 245 Å². The minimum absolute atomic E-state index is 0.0880. The number of fused-ring (bicyclic) bond motifs is 6. The van der Waals surface area contributed by atoms with Crippen LogP contribution in [0.4, 0.5) is 17.1 Å². The van der Waals surface area contributed by atoms with Crippen molar-refractivity contribution in [3.8, 4) is 66.8 Å². The van der Waals surface area contributed by atoms with Gasteiger partial charge in [-0.1, -0.05) is 210 Å². The predicted octanol–water partition coefficient (Wildman–Crippen LogP) is 16.4. The summed E-state index contributed by atoms with van der Waals surface area (Å²) in [5.41, 5.74) is 23.5. The zero-order chi connectivity index (χ0) is 41.3. The molecule has 0 radical (unpaired) electrons. The molecule has 0 aromatic heterocycles. The SMILES string of the molecule is CC1(C)c2ccccc2-c2ccc(-c3cccc(N(c4cccc(-c5ccccc5)c4-c4ccccc4-c4ccccc4)c4cccc5c4-c4ccccc4C5(C)C)c3)cc21. The zero-order valence-electron chi connectivity index (χ0n) is 35.2. The molecule has 0 saturated heterocycles. The Balaban J connectivity index is 1.19. The van der Waals surface area contributed by atoms with Gasteiger partial charge in [-0.15, -0.1) is 0 Å². The lowest BCUT2D eigenvalue weighted by Crippen LogP contribution is -2.16. The molecule has 2 aliphatic carbocycles. The second-order valence-corrected chi connectivity index (χ2v) is 17.7. The van der Waals surface area contributed by atoms with E-state index in [1.807, 2.05) is 0 Å². The summed E-state index contributed by atoms with van der Waals surface area (Å²) in [6.07, 6.45) is 0. The fraction of sp³-hybridized carbons (Fsp3) is 0.100. The minimum Gasteiger partial charge on any atom is -0.309 e. The molecule has 1 heteroatoms. The van der Waals surface area contributed by atoms with Crippen molar-refractivity contribution in [3.05, 3.63) is 235 Å². The fourth-order valence-corrected chi connectivity index (χ4v) is 10.5. The molecular formula is C60H47N. The average Bonchev–Trinajstić information content (AvgIpc) is 3.69. The van der Waals surface area contributed by atoms with E-state index in [4.69, 9.17) is 0 Å². The lowest BCUT2D eigenvalue weighted by molar-refractivity contribution is 0.660. The Hall–Kier alpha value is -7.22. The Morgan fingerprint density at radius 1 is 0.279 bits per heavy atom. The van der Waals surface area contributed by atoms with E-state index < -0.39 is 0 Å². The van der Waals surface area contributed by atoms with Crippen LogP contribution in [0.5, 0.6) is 0 Å². The predicted molar refractivity (Wildman–Crippen MR) is 258 cm³/mol. The van der Waals surface area contributed by atoms with Crippen LogP contribution in [-0.2, 0) is 10.8 Å². The Morgan fingerprint density at radius 2 is 0.738 bits per heavy atom. The van der Waals surface area contributed by atoms with Crippen molar-refractivity contribution >= 4 is 17.1 Å². The third kappa shape index (κ3) is 5.83. The maximum absolute atomic E-state index is 2.55. The van der Waals surface area contributed by atoms with Crippen LogP contribution in [0.15, 0.2) is 212 Å². The van der Waals surface area contributed by atoms with Gasteiger partial charge in [0.2, 0.25) is 0 Å². The second-order valence-electron chi connectivity index (χ2n) is 17.7. The average molecular weight is 782 g/mol. The number of rotatable bonds is 7. The highest BCUT2D eigenvalue weighted by Gasteiger charge is 2.39. The van der Waals surface area contributed by atoms with E-state index in [0.717, 1.165) is 11.4 Å². The van der Waals surface area contributed by atoms with E-state index in [9.17, 15) is 0 Å². The minimum atomic E-state index is -0.154. The van der Waals surface area contributed by atoms with E-state index in [-0.39, 0.29) is 10.8 Å². The molecule has 2 aliphatic rings. The molecule has 0 N–H and O–H groups in total. The molecular weight excluding hydrogens is 735 g/mol. The van der Waals surface area contributed by atoms with Crippen LogP contribution < -0.4 is 4.90 Å².